The number of amides is 1. The van der Waals surface area contributed by atoms with Gasteiger partial charge in [-0.25, -0.2) is 8.78 Å². The summed E-state index contributed by atoms with van der Waals surface area (Å²) in [7, 11) is 0. The van der Waals surface area contributed by atoms with Crippen LogP contribution in [-0.2, 0) is 19.6 Å². The van der Waals surface area contributed by atoms with Gasteiger partial charge >= 0.3 is 0 Å². The first kappa shape index (κ1) is 18.1. The van der Waals surface area contributed by atoms with Gasteiger partial charge in [-0.1, -0.05) is 12.1 Å². The number of fused-ring (bicyclic) bond motifs is 1. The molecule has 4 rings (SSSR count). The third kappa shape index (κ3) is 4.01. The Labute approximate surface area is 161 Å². The van der Waals surface area contributed by atoms with E-state index in [0.29, 0.717) is 30.8 Å². The molecule has 0 radical (unpaired) electrons. The molecule has 0 N–H and O–H groups in total. The first-order valence-electron chi connectivity index (χ1n) is 8.98. The Hall–Kier alpha value is -3.28. The van der Waals surface area contributed by atoms with Crippen LogP contribution < -0.4 is 4.74 Å². The number of nitrogens with zero attached hydrogens (tertiary/aromatic N) is 2. The van der Waals surface area contributed by atoms with Crippen molar-refractivity contribution < 1.29 is 18.3 Å². The van der Waals surface area contributed by atoms with E-state index >= 15 is 0 Å². The monoisotopic (exact) mass is 380 g/mol. The van der Waals surface area contributed by atoms with Crippen molar-refractivity contribution in [2.75, 3.05) is 6.54 Å². The molecular weight excluding hydrogens is 362 g/mol. The van der Waals surface area contributed by atoms with Crippen LogP contribution >= 0.6 is 0 Å². The van der Waals surface area contributed by atoms with Crippen molar-refractivity contribution in [2.45, 2.75) is 19.6 Å². The average Bonchev–Trinajstić information content (AvgIpc) is 2.71. The zero-order valence-corrected chi connectivity index (χ0v) is 15.1. The lowest BCUT2D eigenvalue weighted by atomic mass is 10.0. The first-order chi connectivity index (χ1) is 13.6. The van der Waals surface area contributed by atoms with Crippen LogP contribution in [0, 0.1) is 11.6 Å². The van der Waals surface area contributed by atoms with Crippen molar-refractivity contribution in [3.05, 3.63) is 94.8 Å². The molecule has 0 fully saturated rings. The summed E-state index contributed by atoms with van der Waals surface area (Å²) in [6, 6.07) is 13.6. The van der Waals surface area contributed by atoms with Crippen LogP contribution in [0.1, 0.15) is 27.2 Å². The lowest BCUT2D eigenvalue weighted by Gasteiger charge is -2.28. The molecule has 2 aromatic carbocycles. The Balaban J connectivity index is 1.47. The number of pyridine rings is 1. The second-order valence-corrected chi connectivity index (χ2v) is 6.68. The van der Waals surface area contributed by atoms with E-state index in [4.69, 9.17) is 4.74 Å². The molecule has 1 amide bonds. The lowest BCUT2D eigenvalue weighted by Crippen LogP contribution is -2.36. The summed E-state index contributed by atoms with van der Waals surface area (Å²) in [6.45, 7) is 1.20. The summed E-state index contributed by atoms with van der Waals surface area (Å²) in [4.78, 5) is 18.8. The minimum absolute atomic E-state index is 0.202. The number of carbonyl (C=O) groups excluding carboxylic acids is 1. The molecule has 0 aliphatic carbocycles. The molecule has 142 valence electrons. The number of ether oxygens (including phenoxy) is 1. The van der Waals surface area contributed by atoms with Gasteiger partial charge in [0.15, 0.2) is 0 Å². The molecule has 0 bridgehead atoms. The second-order valence-electron chi connectivity index (χ2n) is 6.68. The van der Waals surface area contributed by atoms with Crippen molar-refractivity contribution in [1.29, 1.82) is 0 Å². The minimum atomic E-state index is -0.429. The summed E-state index contributed by atoms with van der Waals surface area (Å²) in [5.74, 6) is -0.540. The van der Waals surface area contributed by atoms with E-state index in [1.807, 2.05) is 6.07 Å². The highest BCUT2D eigenvalue weighted by Crippen LogP contribution is 2.21. The third-order valence-electron chi connectivity index (χ3n) is 4.66. The van der Waals surface area contributed by atoms with E-state index in [-0.39, 0.29) is 18.3 Å². The van der Waals surface area contributed by atoms with Crippen molar-refractivity contribution in [3.8, 4) is 5.75 Å². The normalized spacial score (nSPS) is 13.1. The molecule has 0 spiro atoms. The number of halogens is 2. The Kier molecular flexibility index (Phi) is 5.02. The Bertz CT molecular complexity index is 1020. The summed E-state index contributed by atoms with van der Waals surface area (Å²) in [5.41, 5.74) is 3.05. The fourth-order valence-electron chi connectivity index (χ4n) is 3.26. The molecule has 0 atom stereocenters. The van der Waals surface area contributed by atoms with Gasteiger partial charge in [-0.05, 0) is 42.0 Å². The molecule has 6 heteroatoms. The van der Waals surface area contributed by atoms with E-state index in [2.05, 4.69) is 4.98 Å². The molecule has 0 saturated heterocycles. The van der Waals surface area contributed by atoms with E-state index in [1.165, 1.54) is 30.3 Å². The number of rotatable bonds is 4. The van der Waals surface area contributed by atoms with Crippen LogP contribution in [0.25, 0.3) is 0 Å². The number of hydrogen-bond acceptors (Lipinski definition) is 3. The molecule has 3 aromatic rings. The van der Waals surface area contributed by atoms with Crippen LogP contribution in [0.2, 0.25) is 0 Å². The average molecular weight is 380 g/mol. The predicted octanol–water partition coefficient (Wildman–Crippen LogP) is 4.14. The first-order valence-corrected chi connectivity index (χ1v) is 8.98. The van der Waals surface area contributed by atoms with Crippen LogP contribution in [0.3, 0.4) is 0 Å². The standard InChI is InChI=1S/C22H18F2N2O2/c23-18-4-1-3-16(10-18)22(27)26-8-7-21-17(13-26)9-15(12-25-21)14-28-20-6-2-5-19(24)11-20/h1-6,9-12H,7-8,13-14H2. The van der Waals surface area contributed by atoms with Gasteiger partial charge in [0.2, 0.25) is 0 Å². The van der Waals surface area contributed by atoms with Gasteiger partial charge in [-0.2, -0.15) is 0 Å². The molecule has 0 unspecified atom stereocenters. The van der Waals surface area contributed by atoms with Crippen molar-refractivity contribution in [3.63, 3.8) is 0 Å². The highest BCUT2D eigenvalue weighted by atomic mass is 19.1. The third-order valence-corrected chi connectivity index (χ3v) is 4.66. The van der Waals surface area contributed by atoms with Crippen molar-refractivity contribution >= 4 is 5.91 Å². The Morgan fingerprint density at radius 3 is 2.64 bits per heavy atom. The van der Waals surface area contributed by atoms with E-state index < -0.39 is 5.82 Å². The van der Waals surface area contributed by atoms with Gasteiger partial charge in [0.25, 0.3) is 5.91 Å². The maximum absolute atomic E-state index is 13.4. The highest BCUT2D eigenvalue weighted by molar-refractivity contribution is 5.94. The Morgan fingerprint density at radius 2 is 1.86 bits per heavy atom. The topological polar surface area (TPSA) is 42.4 Å². The van der Waals surface area contributed by atoms with Crippen LogP contribution in [0.4, 0.5) is 8.78 Å². The molecule has 1 aliphatic heterocycles. The van der Waals surface area contributed by atoms with Gasteiger partial charge in [-0.3, -0.25) is 9.78 Å². The molecular formula is C22H18F2N2O2. The quantitative estimate of drug-likeness (QED) is 0.683. The molecule has 1 aromatic heterocycles. The van der Waals surface area contributed by atoms with E-state index in [0.717, 1.165) is 16.8 Å². The van der Waals surface area contributed by atoms with Crippen LogP contribution in [0.15, 0.2) is 60.8 Å². The fourth-order valence-corrected chi connectivity index (χ4v) is 3.26. The van der Waals surface area contributed by atoms with Gasteiger partial charge in [0.05, 0.1) is 0 Å². The molecule has 1 aliphatic rings. The highest BCUT2D eigenvalue weighted by Gasteiger charge is 2.23. The number of benzene rings is 2. The zero-order valence-electron chi connectivity index (χ0n) is 15.1. The molecule has 2 heterocycles. The maximum atomic E-state index is 13.4. The van der Waals surface area contributed by atoms with Gasteiger partial charge in [-0.15, -0.1) is 0 Å². The summed E-state index contributed by atoms with van der Waals surface area (Å²) in [6.07, 6.45) is 2.38. The minimum Gasteiger partial charge on any atom is -0.489 e. The zero-order chi connectivity index (χ0) is 19.5. The Morgan fingerprint density at radius 1 is 1.07 bits per heavy atom. The van der Waals surface area contributed by atoms with Gasteiger partial charge in [0.1, 0.15) is 24.0 Å². The summed E-state index contributed by atoms with van der Waals surface area (Å²) >= 11 is 0. The fraction of sp³-hybridized carbons (Fsp3) is 0.182. The molecule has 0 saturated carbocycles. The molecule has 28 heavy (non-hydrogen) atoms. The van der Waals surface area contributed by atoms with Crippen molar-refractivity contribution in [2.24, 2.45) is 0 Å². The second kappa shape index (κ2) is 7.76. The van der Waals surface area contributed by atoms with Crippen molar-refractivity contribution in [1.82, 2.24) is 9.88 Å². The number of carbonyl (C=O) groups is 1. The predicted molar refractivity (Wildman–Crippen MR) is 99.8 cm³/mol. The SMILES string of the molecule is O=C(c1cccc(F)c1)N1CCc2ncc(COc3cccc(F)c3)cc2C1. The summed E-state index contributed by atoms with van der Waals surface area (Å²) in [5, 5.41) is 0. The van der Waals surface area contributed by atoms with Gasteiger partial charge < -0.3 is 9.64 Å². The largest absolute Gasteiger partial charge is 0.489 e. The van der Waals surface area contributed by atoms with E-state index in [9.17, 15) is 13.6 Å². The number of hydrogen-bond donors (Lipinski definition) is 0. The smallest absolute Gasteiger partial charge is 0.254 e. The lowest BCUT2D eigenvalue weighted by molar-refractivity contribution is 0.0733. The number of aromatic nitrogens is 1. The van der Waals surface area contributed by atoms with E-state index in [1.54, 1.807) is 29.3 Å². The van der Waals surface area contributed by atoms with Crippen LogP contribution in [0.5, 0.6) is 5.75 Å². The summed E-state index contributed by atoms with van der Waals surface area (Å²) < 4.78 is 32.3. The maximum Gasteiger partial charge on any atom is 0.254 e. The van der Waals surface area contributed by atoms with Crippen LogP contribution in [-0.4, -0.2) is 22.3 Å². The van der Waals surface area contributed by atoms with Gasteiger partial charge in [0, 0.05) is 48.6 Å². The molecule has 4 nitrogen and oxygen atoms in total.